The van der Waals surface area contributed by atoms with Crippen LogP contribution in [0.4, 0.5) is 0 Å². The SMILES string of the molecule is CCCN(CCN1CCOCC1)C1CCCNC1. The summed E-state index contributed by atoms with van der Waals surface area (Å²) in [5.41, 5.74) is 0. The van der Waals surface area contributed by atoms with E-state index in [1.54, 1.807) is 0 Å². The lowest BCUT2D eigenvalue weighted by Crippen LogP contribution is -2.49. The molecule has 0 radical (unpaired) electrons. The molecule has 0 aromatic heterocycles. The molecule has 1 unspecified atom stereocenters. The van der Waals surface area contributed by atoms with Crippen LogP contribution in [0.1, 0.15) is 26.2 Å². The van der Waals surface area contributed by atoms with Gasteiger partial charge in [0.25, 0.3) is 0 Å². The summed E-state index contributed by atoms with van der Waals surface area (Å²) in [6.07, 6.45) is 3.97. The Morgan fingerprint density at radius 2 is 2.11 bits per heavy atom. The summed E-state index contributed by atoms with van der Waals surface area (Å²) in [6.45, 7) is 12.4. The van der Waals surface area contributed by atoms with Crippen LogP contribution in [0.5, 0.6) is 0 Å². The summed E-state index contributed by atoms with van der Waals surface area (Å²) in [4.78, 5) is 5.24. The monoisotopic (exact) mass is 255 g/mol. The maximum Gasteiger partial charge on any atom is 0.0594 e. The van der Waals surface area contributed by atoms with E-state index in [9.17, 15) is 0 Å². The molecule has 18 heavy (non-hydrogen) atoms. The molecule has 2 aliphatic heterocycles. The first-order chi connectivity index (χ1) is 8.90. The second kappa shape index (κ2) is 8.10. The Labute approximate surface area is 112 Å². The molecular weight excluding hydrogens is 226 g/mol. The average Bonchev–Trinajstić information content (AvgIpc) is 2.45. The van der Waals surface area contributed by atoms with Gasteiger partial charge in [0.05, 0.1) is 13.2 Å². The number of ether oxygens (including phenoxy) is 1. The highest BCUT2D eigenvalue weighted by molar-refractivity contribution is 4.79. The zero-order valence-corrected chi connectivity index (χ0v) is 11.9. The fourth-order valence-electron chi connectivity index (χ4n) is 3.00. The van der Waals surface area contributed by atoms with E-state index >= 15 is 0 Å². The van der Waals surface area contributed by atoms with E-state index in [1.165, 1.54) is 52.0 Å². The molecule has 4 heteroatoms. The molecule has 0 spiro atoms. The largest absolute Gasteiger partial charge is 0.379 e. The van der Waals surface area contributed by atoms with E-state index < -0.39 is 0 Å². The molecule has 2 heterocycles. The predicted octanol–water partition coefficient (Wildman–Crippen LogP) is 0.783. The molecule has 0 amide bonds. The molecule has 1 atom stereocenters. The van der Waals surface area contributed by atoms with E-state index in [1.807, 2.05) is 0 Å². The third-order valence-corrected chi connectivity index (χ3v) is 4.11. The normalized spacial score (nSPS) is 26.7. The summed E-state index contributed by atoms with van der Waals surface area (Å²) in [7, 11) is 0. The molecule has 2 rings (SSSR count). The second-order valence-electron chi connectivity index (χ2n) is 5.49. The van der Waals surface area contributed by atoms with Gasteiger partial charge in [-0.05, 0) is 32.4 Å². The van der Waals surface area contributed by atoms with Crippen LogP contribution in [0.3, 0.4) is 0 Å². The third-order valence-electron chi connectivity index (χ3n) is 4.11. The van der Waals surface area contributed by atoms with Gasteiger partial charge in [-0.2, -0.15) is 0 Å². The lowest BCUT2D eigenvalue weighted by molar-refractivity contribution is 0.0298. The number of rotatable bonds is 6. The van der Waals surface area contributed by atoms with Gasteiger partial charge in [-0.3, -0.25) is 9.80 Å². The van der Waals surface area contributed by atoms with Crippen LogP contribution in [0.25, 0.3) is 0 Å². The number of hydrogen-bond acceptors (Lipinski definition) is 4. The Hall–Kier alpha value is -0.160. The molecule has 2 fully saturated rings. The lowest BCUT2D eigenvalue weighted by atomic mass is 10.1. The highest BCUT2D eigenvalue weighted by atomic mass is 16.5. The molecule has 0 saturated carbocycles. The third kappa shape index (κ3) is 4.50. The van der Waals surface area contributed by atoms with Crippen molar-refractivity contribution in [3.05, 3.63) is 0 Å². The molecule has 2 aliphatic rings. The first-order valence-corrected chi connectivity index (χ1v) is 7.65. The van der Waals surface area contributed by atoms with Crippen molar-refractivity contribution in [2.75, 3.05) is 59.0 Å². The van der Waals surface area contributed by atoms with Gasteiger partial charge in [0.15, 0.2) is 0 Å². The second-order valence-corrected chi connectivity index (χ2v) is 5.49. The number of morpholine rings is 1. The number of piperidine rings is 1. The van der Waals surface area contributed by atoms with Crippen molar-refractivity contribution in [1.29, 1.82) is 0 Å². The average molecular weight is 255 g/mol. The van der Waals surface area contributed by atoms with Gasteiger partial charge < -0.3 is 10.1 Å². The standard InChI is InChI=1S/C14H29N3O/c1-2-6-17(14-4-3-5-15-13-14)8-7-16-9-11-18-12-10-16/h14-15H,2-13H2,1H3. The summed E-state index contributed by atoms with van der Waals surface area (Å²) in [5.74, 6) is 0. The van der Waals surface area contributed by atoms with Gasteiger partial charge in [0, 0.05) is 38.8 Å². The smallest absolute Gasteiger partial charge is 0.0594 e. The van der Waals surface area contributed by atoms with Crippen molar-refractivity contribution in [2.45, 2.75) is 32.2 Å². The van der Waals surface area contributed by atoms with E-state index in [2.05, 4.69) is 22.0 Å². The molecule has 2 saturated heterocycles. The Bertz CT molecular complexity index is 213. The van der Waals surface area contributed by atoms with Crippen LogP contribution >= 0.6 is 0 Å². The zero-order chi connectivity index (χ0) is 12.6. The maximum absolute atomic E-state index is 5.41. The van der Waals surface area contributed by atoms with Crippen LogP contribution in [-0.2, 0) is 4.74 Å². The summed E-state index contributed by atoms with van der Waals surface area (Å²) < 4.78 is 5.41. The van der Waals surface area contributed by atoms with Crippen molar-refractivity contribution in [2.24, 2.45) is 0 Å². The minimum atomic E-state index is 0.764. The molecule has 0 aromatic carbocycles. The number of nitrogens with one attached hydrogen (secondary N) is 1. The number of hydrogen-bond donors (Lipinski definition) is 1. The Kier molecular flexibility index (Phi) is 6.41. The minimum absolute atomic E-state index is 0.764. The molecule has 106 valence electrons. The highest BCUT2D eigenvalue weighted by Crippen LogP contribution is 2.11. The van der Waals surface area contributed by atoms with Gasteiger partial charge in [0.2, 0.25) is 0 Å². The summed E-state index contributed by atoms with van der Waals surface area (Å²) in [6, 6.07) is 0.764. The van der Waals surface area contributed by atoms with Gasteiger partial charge in [-0.25, -0.2) is 0 Å². The predicted molar refractivity (Wildman–Crippen MR) is 75.0 cm³/mol. The van der Waals surface area contributed by atoms with Crippen LogP contribution in [0.2, 0.25) is 0 Å². The Morgan fingerprint density at radius 1 is 1.28 bits per heavy atom. The van der Waals surface area contributed by atoms with Crippen molar-refractivity contribution in [3.63, 3.8) is 0 Å². The van der Waals surface area contributed by atoms with Gasteiger partial charge in [0.1, 0.15) is 0 Å². The van der Waals surface area contributed by atoms with Crippen LogP contribution < -0.4 is 5.32 Å². The maximum atomic E-state index is 5.41. The van der Waals surface area contributed by atoms with Crippen LogP contribution in [-0.4, -0.2) is 74.9 Å². The van der Waals surface area contributed by atoms with E-state index in [0.29, 0.717) is 0 Å². The van der Waals surface area contributed by atoms with Crippen LogP contribution in [0.15, 0.2) is 0 Å². The quantitative estimate of drug-likeness (QED) is 0.759. The molecule has 0 aliphatic carbocycles. The fourth-order valence-corrected chi connectivity index (χ4v) is 3.00. The molecule has 4 nitrogen and oxygen atoms in total. The molecule has 1 N–H and O–H groups in total. The van der Waals surface area contributed by atoms with Gasteiger partial charge in [-0.1, -0.05) is 6.92 Å². The number of nitrogens with zero attached hydrogens (tertiary/aromatic N) is 2. The fraction of sp³-hybridized carbons (Fsp3) is 1.00. The van der Waals surface area contributed by atoms with Gasteiger partial charge >= 0.3 is 0 Å². The van der Waals surface area contributed by atoms with Crippen molar-refractivity contribution in [1.82, 2.24) is 15.1 Å². The van der Waals surface area contributed by atoms with E-state index in [-0.39, 0.29) is 0 Å². The highest BCUT2D eigenvalue weighted by Gasteiger charge is 2.21. The lowest BCUT2D eigenvalue weighted by Gasteiger charge is -2.36. The summed E-state index contributed by atoms with van der Waals surface area (Å²) >= 11 is 0. The topological polar surface area (TPSA) is 27.7 Å². The van der Waals surface area contributed by atoms with E-state index in [0.717, 1.165) is 32.3 Å². The first-order valence-electron chi connectivity index (χ1n) is 7.65. The van der Waals surface area contributed by atoms with Crippen molar-refractivity contribution < 1.29 is 4.74 Å². The molecule has 0 aromatic rings. The first kappa shape index (κ1) is 14.3. The minimum Gasteiger partial charge on any atom is -0.379 e. The van der Waals surface area contributed by atoms with Crippen molar-refractivity contribution in [3.8, 4) is 0 Å². The van der Waals surface area contributed by atoms with Gasteiger partial charge in [-0.15, -0.1) is 0 Å². The zero-order valence-electron chi connectivity index (χ0n) is 11.9. The van der Waals surface area contributed by atoms with Crippen LogP contribution in [0, 0.1) is 0 Å². The van der Waals surface area contributed by atoms with E-state index in [4.69, 9.17) is 4.74 Å². The summed E-state index contributed by atoms with van der Waals surface area (Å²) in [5, 5.41) is 3.54. The molecular formula is C14H29N3O. The van der Waals surface area contributed by atoms with Crippen molar-refractivity contribution >= 4 is 0 Å². The Balaban J connectivity index is 1.73. The molecule has 0 bridgehead atoms. The Morgan fingerprint density at radius 3 is 2.78 bits per heavy atom.